The molecule has 1 fully saturated rings. The van der Waals surface area contributed by atoms with Gasteiger partial charge in [-0.3, -0.25) is 9.69 Å². The molecule has 1 aliphatic heterocycles. The number of carbonyl (C=O) groups excluding carboxylic acids is 1. The molecule has 1 heterocycles. The molecule has 1 atom stereocenters. The van der Waals surface area contributed by atoms with Gasteiger partial charge in [0, 0.05) is 32.7 Å². The topological polar surface area (TPSA) is 49.6 Å². The molecule has 4 heteroatoms. The highest BCUT2D eigenvalue weighted by atomic mass is 16.2. The van der Waals surface area contributed by atoms with Gasteiger partial charge in [-0.1, -0.05) is 60.7 Å². The van der Waals surface area contributed by atoms with Crippen LogP contribution in [0.25, 0.3) is 0 Å². The van der Waals surface area contributed by atoms with E-state index in [1.165, 1.54) is 5.56 Å². The number of hydrogen-bond donors (Lipinski definition) is 1. The van der Waals surface area contributed by atoms with Gasteiger partial charge in [0.15, 0.2) is 0 Å². The molecule has 1 saturated heterocycles. The molecule has 2 aromatic rings. The van der Waals surface area contributed by atoms with Crippen LogP contribution in [0.5, 0.6) is 0 Å². The smallest absolute Gasteiger partial charge is 0.244 e. The van der Waals surface area contributed by atoms with Crippen molar-refractivity contribution >= 4 is 5.91 Å². The lowest BCUT2D eigenvalue weighted by molar-refractivity contribution is -0.134. The molecular formula is C19H23N3O. The van der Waals surface area contributed by atoms with Gasteiger partial charge in [-0.2, -0.15) is 0 Å². The number of hydrogen-bond acceptors (Lipinski definition) is 3. The summed E-state index contributed by atoms with van der Waals surface area (Å²) in [6.45, 7) is 4.20. The van der Waals surface area contributed by atoms with Gasteiger partial charge in [-0.15, -0.1) is 0 Å². The van der Waals surface area contributed by atoms with E-state index < -0.39 is 6.04 Å². The predicted molar refractivity (Wildman–Crippen MR) is 91.7 cm³/mol. The first kappa shape index (κ1) is 15.7. The maximum atomic E-state index is 12.5. The van der Waals surface area contributed by atoms with Crippen molar-refractivity contribution in [3.05, 3.63) is 71.8 Å². The number of carbonyl (C=O) groups is 1. The molecule has 0 unspecified atom stereocenters. The van der Waals surface area contributed by atoms with Crippen molar-refractivity contribution in [1.29, 1.82) is 0 Å². The Kier molecular flexibility index (Phi) is 5.05. The van der Waals surface area contributed by atoms with Gasteiger partial charge in [-0.05, 0) is 11.1 Å². The molecule has 0 bridgehead atoms. The third-order valence-electron chi connectivity index (χ3n) is 4.36. The van der Waals surface area contributed by atoms with Crippen molar-refractivity contribution in [2.24, 2.45) is 5.73 Å². The minimum absolute atomic E-state index is 0.0237. The standard InChI is InChI=1S/C19H23N3O/c20-18(17-9-5-2-6-10-17)19(23)22-13-11-21(12-14-22)15-16-7-3-1-4-8-16/h1-10,18H,11-15,20H2/t18-/m1/s1. The predicted octanol–water partition coefficient (Wildman–Crippen LogP) is 2.03. The van der Waals surface area contributed by atoms with Gasteiger partial charge in [0.2, 0.25) is 5.91 Å². The summed E-state index contributed by atoms with van der Waals surface area (Å²) in [6, 6.07) is 19.5. The monoisotopic (exact) mass is 309 g/mol. The zero-order valence-corrected chi connectivity index (χ0v) is 13.3. The number of piperazine rings is 1. The van der Waals surface area contributed by atoms with Crippen molar-refractivity contribution < 1.29 is 4.79 Å². The molecule has 23 heavy (non-hydrogen) atoms. The maximum Gasteiger partial charge on any atom is 0.244 e. The van der Waals surface area contributed by atoms with Crippen LogP contribution >= 0.6 is 0 Å². The lowest BCUT2D eigenvalue weighted by Gasteiger charge is -2.36. The summed E-state index contributed by atoms with van der Waals surface area (Å²) in [5.41, 5.74) is 8.31. The summed E-state index contributed by atoms with van der Waals surface area (Å²) < 4.78 is 0. The maximum absolute atomic E-state index is 12.5. The molecule has 1 amide bonds. The fourth-order valence-electron chi connectivity index (χ4n) is 2.97. The second-order valence-electron chi connectivity index (χ2n) is 5.98. The van der Waals surface area contributed by atoms with Crippen LogP contribution in [0.3, 0.4) is 0 Å². The van der Waals surface area contributed by atoms with E-state index in [2.05, 4.69) is 29.2 Å². The summed E-state index contributed by atoms with van der Waals surface area (Å²) >= 11 is 0. The lowest BCUT2D eigenvalue weighted by atomic mass is 10.1. The van der Waals surface area contributed by atoms with Gasteiger partial charge in [0.05, 0.1) is 0 Å². The Bertz CT molecular complexity index is 622. The summed E-state index contributed by atoms with van der Waals surface area (Å²) in [6.07, 6.45) is 0. The molecule has 3 rings (SSSR count). The van der Waals surface area contributed by atoms with Gasteiger partial charge < -0.3 is 10.6 Å². The third-order valence-corrected chi connectivity index (χ3v) is 4.36. The van der Waals surface area contributed by atoms with Crippen molar-refractivity contribution in [3.8, 4) is 0 Å². The van der Waals surface area contributed by atoms with Gasteiger partial charge >= 0.3 is 0 Å². The zero-order valence-electron chi connectivity index (χ0n) is 13.3. The average molecular weight is 309 g/mol. The highest BCUT2D eigenvalue weighted by Crippen LogP contribution is 2.15. The summed E-state index contributed by atoms with van der Waals surface area (Å²) in [7, 11) is 0. The molecule has 4 nitrogen and oxygen atoms in total. The Morgan fingerprint density at radius 2 is 1.48 bits per heavy atom. The zero-order chi connectivity index (χ0) is 16.1. The quantitative estimate of drug-likeness (QED) is 0.940. The lowest BCUT2D eigenvalue weighted by Crippen LogP contribution is -2.50. The van der Waals surface area contributed by atoms with Crippen LogP contribution in [-0.4, -0.2) is 41.9 Å². The molecule has 0 saturated carbocycles. The Labute approximate surface area is 137 Å². The van der Waals surface area contributed by atoms with Crippen LogP contribution < -0.4 is 5.73 Å². The first-order valence-corrected chi connectivity index (χ1v) is 8.09. The van der Waals surface area contributed by atoms with Crippen molar-refractivity contribution in [2.75, 3.05) is 26.2 Å². The normalized spacial score (nSPS) is 17.0. The van der Waals surface area contributed by atoms with E-state index >= 15 is 0 Å². The molecule has 2 N–H and O–H groups in total. The SMILES string of the molecule is N[C@@H](C(=O)N1CCN(Cc2ccccc2)CC1)c1ccccc1. The number of benzene rings is 2. The first-order chi connectivity index (χ1) is 11.2. The molecule has 2 aromatic carbocycles. The molecule has 0 spiro atoms. The number of nitrogens with two attached hydrogens (primary N) is 1. The highest BCUT2D eigenvalue weighted by Gasteiger charge is 2.25. The van der Waals surface area contributed by atoms with E-state index in [4.69, 9.17) is 5.73 Å². The Morgan fingerprint density at radius 3 is 2.09 bits per heavy atom. The molecule has 0 radical (unpaired) electrons. The van der Waals surface area contributed by atoms with Crippen LogP contribution in [0.4, 0.5) is 0 Å². The Balaban J connectivity index is 1.53. The van der Waals surface area contributed by atoms with E-state index in [9.17, 15) is 4.79 Å². The second-order valence-corrected chi connectivity index (χ2v) is 5.98. The van der Waals surface area contributed by atoms with E-state index in [0.717, 1.165) is 38.3 Å². The first-order valence-electron chi connectivity index (χ1n) is 8.09. The summed E-state index contributed by atoms with van der Waals surface area (Å²) in [5, 5.41) is 0. The summed E-state index contributed by atoms with van der Waals surface area (Å²) in [4.78, 5) is 16.8. The third kappa shape index (κ3) is 3.97. The Morgan fingerprint density at radius 1 is 0.913 bits per heavy atom. The minimum atomic E-state index is -0.558. The fourth-order valence-corrected chi connectivity index (χ4v) is 2.97. The van der Waals surface area contributed by atoms with E-state index in [-0.39, 0.29) is 5.91 Å². The van der Waals surface area contributed by atoms with Crippen LogP contribution in [0, 0.1) is 0 Å². The second kappa shape index (κ2) is 7.40. The number of nitrogens with zero attached hydrogens (tertiary/aromatic N) is 2. The molecule has 0 aromatic heterocycles. The van der Waals surface area contributed by atoms with Gasteiger partial charge in [0.25, 0.3) is 0 Å². The van der Waals surface area contributed by atoms with Crippen LogP contribution in [0.15, 0.2) is 60.7 Å². The average Bonchev–Trinajstić information content (AvgIpc) is 2.63. The van der Waals surface area contributed by atoms with Crippen LogP contribution in [0.2, 0.25) is 0 Å². The van der Waals surface area contributed by atoms with Crippen LogP contribution in [-0.2, 0) is 11.3 Å². The molecule has 120 valence electrons. The van der Waals surface area contributed by atoms with Crippen molar-refractivity contribution in [3.63, 3.8) is 0 Å². The fraction of sp³-hybridized carbons (Fsp3) is 0.316. The highest BCUT2D eigenvalue weighted by molar-refractivity contribution is 5.83. The van der Waals surface area contributed by atoms with E-state index in [1.807, 2.05) is 41.3 Å². The number of rotatable bonds is 4. The van der Waals surface area contributed by atoms with Gasteiger partial charge in [-0.25, -0.2) is 0 Å². The molecule has 0 aliphatic carbocycles. The van der Waals surface area contributed by atoms with Gasteiger partial charge in [0.1, 0.15) is 6.04 Å². The van der Waals surface area contributed by atoms with Crippen molar-refractivity contribution in [2.45, 2.75) is 12.6 Å². The largest absolute Gasteiger partial charge is 0.338 e. The minimum Gasteiger partial charge on any atom is -0.338 e. The molecule has 1 aliphatic rings. The molecular weight excluding hydrogens is 286 g/mol. The van der Waals surface area contributed by atoms with E-state index in [1.54, 1.807) is 0 Å². The van der Waals surface area contributed by atoms with E-state index in [0.29, 0.717) is 0 Å². The van der Waals surface area contributed by atoms with Crippen molar-refractivity contribution in [1.82, 2.24) is 9.80 Å². The number of amides is 1. The van der Waals surface area contributed by atoms with Crippen LogP contribution in [0.1, 0.15) is 17.2 Å². The summed E-state index contributed by atoms with van der Waals surface area (Å²) in [5.74, 6) is 0.0237. The Hall–Kier alpha value is -2.17.